The molecular weight excluding hydrogens is 142 g/mol. The largest absolute Gasteiger partial charge is 0.308 e. The maximum atomic E-state index is 11.2. The molecule has 0 radical (unpaired) electrons. The molecule has 2 heterocycles. The summed E-state index contributed by atoms with van der Waals surface area (Å²) in [7, 11) is 0. The van der Waals surface area contributed by atoms with E-state index in [1.54, 1.807) is 5.01 Å². The molecule has 2 rings (SSSR count). The quantitative estimate of drug-likeness (QED) is 0.569. The molecule has 0 saturated carbocycles. The fraction of sp³-hybridized carbons (Fsp3) is 0.571. The standard InChI is InChI=1S/C7H11N3O/c11-7-3-1-5-9(7)10-6-2-4-8-10/h2,4,8H,1,3,5-6H2. The average molecular weight is 153 g/mol. The predicted molar refractivity (Wildman–Crippen MR) is 39.9 cm³/mol. The van der Waals surface area contributed by atoms with Crippen LogP contribution in [0.3, 0.4) is 0 Å². The number of amides is 1. The molecule has 0 aromatic rings. The summed E-state index contributed by atoms with van der Waals surface area (Å²) in [5.74, 6) is 0.223. The van der Waals surface area contributed by atoms with Crippen molar-refractivity contribution < 1.29 is 4.79 Å². The first kappa shape index (κ1) is 6.67. The Kier molecular flexibility index (Phi) is 1.54. The van der Waals surface area contributed by atoms with Crippen molar-refractivity contribution in [3.63, 3.8) is 0 Å². The van der Waals surface area contributed by atoms with E-state index in [2.05, 4.69) is 5.43 Å². The molecule has 2 aliphatic heterocycles. The van der Waals surface area contributed by atoms with Gasteiger partial charge in [0.15, 0.2) is 0 Å². The van der Waals surface area contributed by atoms with E-state index in [1.165, 1.54) is 0 Å². The molecule has 0 aromatic heterocycles. The number of hydrogen-bond donors (Lipinski definition) is 1. The molecule has 0 unspecified atom stereocenters. The lowest BCUT2D eigenvalue weighted by Gasteiger charge is -2.26. The van der Waals surface area contributed by atoms with Gasteiger partial charge in [0.2, 0.25) is 5.91 Å². The van der Waals surface area contributed by atoms with Gasteiger partial charge < -0.3 is 5.43 Å². The molecule has 0 aromatic carbocycles. The van der Waals surface area contributed by atoms with E-state index in [0.717, 1.165) is 19.5 Å². The topological polar surface area (TPSA) is 35.6 Å². The number of carbonyl (C=O) groups excluding carboxylic acids is 1. The van der Waals surface area contributed by atoms with Gasteiger partial charge in [-0.15, -0.1) is 5.12 Å². The van der Waals surface area contributed by atoms with Gasteiger partial charge in [0.25, 0.3) is 0 Å². The van der Waals surface area contributed by atoms with Crippen molar-refractivity contribution in [3.05, 3.63) is 12.3 Å². The molecule has 0 spiro atoms. The van der Waals surface area contributed by atoms with Crippen LogP contribution in [0.25, 0.3) is 0 Å². The summed E-state index contributed by atoms with van der Waals surface area (Å²) >= 11 is 0. The Balaban J connectivity index is 1.98. The molecule has 4 heteroatoms. The Morgan fingerprint density at radius 1 is 1.55 bits per heavy atom. The predicted octanol–water partition coefficient (Wildman–Crippen LogP) is -0.142. The average Bonchev–Trinajstić information content (AvgIpc) is 2.55. The molecule has 0 aliphatic carbocycles. The summed E-state index contributed by atoms with van der Waals surface area (Å²) in [5.41, 5.74) is 2.99. The second-order valence-electron chi connectivity index (χ2n) is 2.73. The van der Waals surface area contributed by atoms with Gasteiger partial charge in [0, 0.05) is 19.2 Å². The van der Waals surface area contributed by atoms with E-state index in [-0.39, 0.29) is 5.91 Å². The first-order valence-electron chi connectivity index (χ1n) is 3.87. The van der Waals surface area contributed by atoms with Crippen LogP contribution in [0.5, 0.6) is 0 Å². The smallest absolute Gasteiger partial charge is 0.238 e. The first-order chi connectivity index (χ1) is 5.38. The van der Waals surface area contributed by atoms with Crippen LogP contribution < -0.4 is 5.43 Å². The molecule has 60 valence electrons. The summed E-state index contributed by atoms with van der Waals surface area (Å²) in [6.45, 7) is 1.65. The molecule has 1 fully saturated rings. The summed E-state index contributed by atoms with van der Waals surface area (Å²) in [6.07, 6.45) is 5.52. The third-order valence-corrected chi connectivity index (χ3v) is 1.96. The number of hydrazine groups is 2. The Hall–Kier alpha value is -1.03. The van der Waals surface area contributed by atoms with Gasteiger partial charge in [-0.05, 0) is 12.5 Å². The van der Waals surface area contributed by atoms with Crippen LogP contribution >= 0.6 is 0 Å². The molecule has 4 nitrogen and oxygen atoms in total. The van der Waals surface area contributed by atoms with Crippen molar-refractivity contribution in [1.29, 1.82) is 0 Å². The fourth-order valence-corrected chi connectivity index (χ4v) is 1.40. The SMILES string of the molecule is O=C1CCCN1N1CC=CN1. The molecule has 11 heavy (non-hydrogen) atoms. The van der Waals surface area contributed by atoms with Crippen molar-refractivity contribution in [2.45, 2.75) is 12.8 Å². The van der Waals surface area contributed by atoms with Crippen LogP contribution in [-0.2, 0) is 4.79 Å². The second-order valence-corrected chi connectivity index (χ2v) is 2.73. The van der Waals surface area contributed by atoms with Crippen LogP contribution in [0.1, 0.15) is 12.8 Å². The molecule has 1 saturated heterocycles. The molecule has 1 amide bonds. The molecule has 0 bridgehead atoms. The highest BCUT2D eigenvalue weighted by Gasteiger charge is 2.26. The Labute approximate surface area is 65.4 Å². The van der Waals surface area contributed by atoms with Gasteiger partial charge in [-0.1, -0.05) is 0 Å². The van der Waals surface area contributed by atoms with Crippen molar-refractivity contribution >= 4 is 5.91 Å². The maximum Gasteiger partial charge on any atom is 0.238 e. The van der Waals surface area contributed by atoms with Crippen LogP contribution in [0, 0.1) is 0 Å². The zero-order valence-corrected chi connectivity index (χ0v) is 6.29. The lowest BCUT2D eigenvalue weighted by molar-refractivity contribution is -0.145. The van der Waals surface area contributed by atoms with Gasteiger partial charge in [-0.2, -0.15) is 0 Å². The van der Waals surface area contributed by atoms with Crippen LogP contribution in [0.15, 0.2) is 12.3 Å². The number of nitrogens with zero attached hydrogens (tertiary/aromatic N) is 2. The lowest BCUT2D eigenvalue weighted by Crippen LogP contribution is -2.47. The highest BCUT2D eigenvalue weighted by atomic mass is 16.2. The third-order valence-electron chi connectivity index (χ3n) is 1.96. The summed E-state index contributed by atoms with van der Waals surface area (Å²) in [4.78, 5) is 11.2. The van der Waals surface area contributed by atoms with Gasteiger partial charge >= 0.3 is 0 Å². The van der Waals surface area contributed by atoms with E-state index in [1.807, 2.05) is 17.4 Å². The Morgan fingerprint density at radius 3 is 3.00 bits per heavy atom. The van der Waals surface area contributed by atoms with E-state index in [0.29, 0.717) is 6.42 Å². The van der Waals surface area contributed by atoms with Gasteiger partial charge in [-0.25, -0.2) is 0 Å². The van der Waals surface area contributed by atoms with Crippen LogP contribution in [0.4, 0.5) is 0 Å². The van der Waals surface area contributed by atoms with E-state index < -0.39 is 0 Å². The Bertz CT molecular complexity index is 194. The summed E-state index contributed by atoms with van der Waals surface area (Å²) < 4.78 is 0. The first-order valence-corrected chi connectivity index (χ1v) is 3.87. The monoisotopic (exact) mass is 153 g/mol. The minimum Gasteiger partial charge on any atom is -0.308 e. The van der Waals surface area contributed by atoms with Gasteiger partial charge in [-0.3, -0.25) is 9.80 Å². The van der Waals surface area contributed by atoms with Gasteiger partial charge in [0.1, 0.15) is 0 Å². The third kappa shape index (κ3) is 1.09. The number of nitrogens with one attached hydrogen (secondary N) is 1. The molecular formula is C7H11N3O. The Morgan fingerprint density at radius 2 is 2.45 bits per heavy atom. The van der Waals surface area contributed by atoms with E-state index in [9.17, 15) is 4.79 Å². The summed E-state index contributed by atoms with van der Waals surface area (Å²) in [6, 6.07) is 0. The number of rotatable bonds is 1. The zero-order valence-electron chi connectivity index (χ0n) is 6.29. The van der Waals surface area contributed by atoms with E-state index >= 15 is 0 Å². The minimum absolute atomic E-state index is 0.223. The highest BCUT2D eigenvalue weighted by molar-refractivity contribution is 5.77. The lowest BCUT2D eigenvalue weighted by atomic mass is 10.4. The molecule has 1 N–H and O–H groups in total. The summed E-state index contributed by atoms with van der Waals surface area (Å²) in [5, 5.41) is 3.61. The molecule has 2 aliphatic rings. The highest BCUT2D eigenvalue weighted by Crippen LogP contribution is 2.12. The second kappa shape index (κ2) is 2.54. The van der Waals surface area contributed by atoms with Crippen molar-refractivity contribution in [3.8, 4) is 0 Å². The minimum atomic E-state index is 0.223. The number of hydrogen-bond acceptors (Lipinski definition) is 3. The fourth-order valence-electron chi connectivity index (χ4n) is 1.40. The van der Waals surface area contributed by atoms with Crippen molar-refractivity contribution in [2.24, 2.45) is 0 Å². The zero-order chi connectivity index (χ0) is 7.68. The van der Waals surface area contributed by atoms with Crippen LogP contribution in [0.2, 0.25) is 0 Å². The molecule has 0 atom stereocenters. The van der Waals surface area contributed by atoms with Crippen LogP contribution in [-0.4, -0.2) is 29.1 Å². The normalized spacial score (nSPS) is 24.7. The van der Waals surface area contributed by atoms with Gasteiger partial charge in [0.05, 0.1) is 6.54 Å². The van der Waals surface area contributed by atoms with Crippen molar-refractivity contribution in [2.75, 3.05) is 13.1 Å². The van der Waals surface area contributed by atoms with E-state index in [4.69, 9.17) is 0 Å². The number of carbonyl (C=O) groups is 1. The maximum absolute atomic E-state index is 11.2. The van der Waals surface area contributed by atoms with Crippen molar-refractivity contribution in [1.82, 2.24) is 15.6 Å².